The highest BCUT2D eigenvalue weighted by molar-refractivity contribution is 5.76. The lowest BCUT2D eigenvalue weighted by molar-refractivity contribution is -0.159. The van der Waals surface area contributed by atoms with Gasteiger partial charge in [-0.3, -0.25) is 4.79 Å². The van der Waals surface area contributed by atoms with Crippen molar-refractivity contribution in [1.29, 1.82) is 0 Å². The Labute approximate surface area is 110 Å². The van der Waals surface area contributed by atoms with Crippen LogP contribution >= 0.6 is 0 Å². The molecule has 0 radical (unpaired) electrons. The first-order chi connectivity index (χ1) is 8.42. The van der Waals surface area contributed by atoms with E-state index in [1.165, 1.54) is 0 Å². The lowest BCUT2D eigenvalue weighted by Gasteiger charge is -2.36. The quantitative estimate of drug-likeness (QED) is 0.788. The zero-order valence-corrected chi connectivity index (χ0v) is 12.0. The van der Waals surface area contributed by atoms with Crippen LogP contribution in [0.15, 0.2) is 0 Å². The highest BCUT2D eigenvalue weighted by Crippen LogP contribution is 2.54. The number of ether oxygens (including phenoxy) is 1. The Kier molecular flexibility index (Phi) is 3.72. The Hall–Kier alpha value is -0.570. The molecule has 104 valence electrons. The molecule has 1 heterocycles. The number of hydrogen-bond donors (Lipinski definition) is 1. The van der Waals surface area contributed by atoms with Gasteiger partial charge in [0.2, 0.25) is 0 Å². The van der Waals surface area contributed by atoms with Gasteiger partial charge >= 0.3 is 5.97 Å². The van der Waals surface area contributed by atoms with Gasteiger partial charge < -0.3 is 9.84 Å². The summed E-state index contributed by atoms with van der Waals surface area (Å²) in [4.78, 5) is 12.1. The van der Waals surface area contributed by atoms with E-state index < -0.39 is 0 Å². The van der Waals surface area contributed by atoms with E-state index >= 15 is 0 Å². The Morgan fingerprint density at radius 2 is 2.06 bits per heavy atom. The summed E-state index contributed by atoms with van der Waals surface area (Å²) >= 11 is 0. The fraction of sp³-hybridized carbons (Fsp3) is 0.933. The second-order valence-corrected chi connectivity index (χ2v) is 6.68. The first-order valence-electron chi connectivity index (χ1n) is 7.26. The molecule has 0 aromatic carbocycles. The molecule has 1 spiro atoms. The average molecular weight is 254 g/mol. The van der Waals surface area contributed by atoms with Gasteiger partial charge in [0, 0.05) is 18.9 Å². The van der Waals surface area contributed by atoms with E-state index in [9.17, 15) is 9.90 Å². The molecule has 0 aromatic rings. The molecule has 1 N–H and O–H groups in total. The zero-order chi connectivity index (χ0) is 13.5. The van der Waals surface area contributed by atoms with Crippen LogP contribution in [0, 0.1) is 29.6 Å². The largest absolute Gasteiger partial charge is 0.458 e. The fourth-order valence-corrected chi connectivity index (χ4v) is 3.95. The Balaban J connectivity index is 2.25. The van der Waals surface area contributed by atoms with Crippen molar-refractivity contribution in [3.63, 3.8) is 0 Å². The molecule has 1 unspecified atom stereocenters. The van der Waals surface area contributed by atoms with Crippen LogP contribution in [0.4, 0.5) is 0 Å². The topological polar surface area (TPSA) is 46.5 Å². The van der Waals surface area contributed by atoms with Crippen molar-refractivity contribution in [2.24, 2.45) is 29.6 Å². The molecule has 3 nitrogen and oxygen atoms in total. The van der Waals surface area contributed by atoms with E-state index in [-0.39, 0.29) is 30.0 Å². The fourth-order valence-electron chi connectivity index (χ4n) is 3.95. The molecule has 3 heteroatoms. The van der Waals surface area contributed by atoms with Gasteiger partial charge in [0.15, 0.2) is 0 Å². The van der Waals surface area contributed by atoms with Gasteiger partial charge in [-0.25, -0.2) is 0 Å². The van der Waals surface area contributed by atoms with Crippen LogP contribution in [-0.2, 0) is 9.53 Å². The highest BCUT2D eigenvalue weighted by atomic mass is 16.6. The lowest BCUT2D eigenvalue weighted by atomic mass is 9.73. The van der Waals surface area contributed by atoms with E-state index in [0.29, 0.717) is 17.8 Å². The molecule has 18 heavy (non-hydrogen) atoms. The predicted octanol–water partition coefficient (Wildman–Crippen LogP) is 2.62. The molecule has 1 aliphatic heterocycles. The number of carbonyl (C=O) groups is 1. The van der Waals surface area contributed by atoms with Gasteiger partial charge in [0.25, 0.3) is 0 Å². The van der Waals surface area contributed by atoms with E-state index in [1.807, 2.05) is 0 Å². The molecule has 1 aliphatic carbocycles. The summed E-state index contributed by atoms with van der Waals surface area (Å²) in [6.07, 6.45) is 3.02. The number of aliphatic hydroxyl groups excluding tert-OH is 1. The maximum absolute atomic E-state index is 12.1. The number of esters is 1. The van der Waals surface area contributed by atoms with E-state index in [2.05, 4.69) is 27.7 Å². The van der Waals surface area contributed by atoms with Gasteiger partial charge in [0.05, 0.1) is 5.92 Å². The predicted molar refractivity (Wildman–Crippen MR) is 69.9 cm³/mol. The molecule has 1 saturated heterocycles. The molecule has 0 bridgehead atoms. The minimum Gasteiger partial charge on any atom is -0.458 e. The molecule has 1 saturated carbocycles. The van der Waals surface area contributed by atoms with Gasteiger partial charge in [-0.15, -0.1) is 0 Å². The highest BCUT2D eigenvalue weighted by Gasteiger charge is 2.59. The molecular weight excluding hydrogens is 228 g/mol. The van der Waals surface area contributed by atoms with Crippen LogP contribution < -0.4 is 0 Å². The van der Waals surface area contributed by atoms with E-state index in [1.54, 1.807) is 0 Å². The Bertz CT molecular complexity index is 326. The molecular formula is C15H26O3. The smallest absolute Gasteiger partial charge is 0.309 e. The van der Waals surface area contributed by atoms with Crippen molar-refractivity contribution in [1.82, 2.24) is 0 Å². The molecule has 2 fully saturated rings. The van der Waals surface area contributed by atoms with Crippen LogP contribution in [0.2, 0.25) is 0 Å². The van der Waals surface area contributed by atoms with Gasteiger partial charge in [0.1, 0.15) is 5.60 Å². The van der Waals surface area contributed by atoms with Crippen LogP contribution in [0.25, 0.3) is 0 Å². The van der Waals surface area contributed by atoms with Crippen LogP contribution in [0.3, 0.4) is 0 Å². The van der Waals surface area contributed by atoms with Crippen molar-refractivity contribution < 1.29 is 14.6 Å². The summed E-state index contributed by atoms with van der Waals surface area (Å²) < 4.78 is 5.88. The Morgan fingerprint density at radius 1 is 1.39 bits per heavy atom. The standard InChI is InChI=1S/C15H26O3/c1-9(2)12-7-15(18-14(12)17)11(4)5-6-13(15)10(3)8-16/h9-13,16H,5-8H2,1-4H3/t10?,11-,12+,13-,15-/m1/s1. The van der Waals surface area contributed by atoms with E-state index in [0.717, 1.165) is 19.3 Å². The lowest BCUT2D eigenvalue weighted by Crippen LogP contribution is -2.42. The second-order valence-electron chi connectivity index (χ2n) is 6.68. The minimum atomic E-state index is -0.297. The van der Waals surface area contributed by atoms with Crippen molar-refractivity contribution >= 4 is 5.97 Å². The number of carbonyl (C=O) groups excluding carboxylic acids is 1. The molecule has 0 amide bonds. The molecule has 5 atom stereocenters. The Morgan fingerprint density at radius 3 is 2.56 bits per heavy atom. The summed E-state index contributed by atoms with van der Waals surface area (Å²) in [6.45, 7) is 8.63. The summed E-state index contributed by atoms with van der Waals surface area (Å²) in [6, 6.07) is 0. The van der Waals surface area contributed by atoms with Crippen molar-refractivity contribution in [3.05, 3.63) is 0 Å². The summed E-state index contributed by atoms with van der Waals surface area (Å²) in [7, 11) is 0. The van der Waals surface area contributed by atoms with Gasteiger partial charge in [-0.2, -0.15) is 0 Å². The normalized spacial score (nSPS) is 41.7. The van der Waals surface area contributed by atoms with Crippen molar-refractivity contribution in [2.45, 2.75) is 52.6 Å². The first-order valence-corrected chi connectivity index (χ1v) is 7.26. The third-order valence-corrected chi connectivity index (χ3v) is 5.28. The minimum absolute atomic E-state index is 0.0195. The maximum atomic E-state index is 12.1. The SMILES string of the molecule is CC(C)[C@@H]1C[C@@]2(OC1=O)[C@H](C)CC[C@@H]2C(C)CO. The number of hydrogen-bond acceptors (Lipinski definition) is 3. The number of aliphatic hydroxyl groups is 1. The third kappa shape index (κ3) is 1.97. The van der Waals surface area contributed by atoms with E-state index in [4.69, 9.17) is 4.74 Å². The van der Waals surface area contributed by atoms with Crippen molar-refractivity contribution in [2.75, 3.05) is 6.61 Å². The van der Waals surface area contributed by atoms with Gasteiger partial charge in [-0.1, -0.05) is 27.7 Å². The summed E-state index contributed by atoms with van der Waals surface area (Å²) in [5.74, 6) is 1.32. The summed E-state index contributed by atoms with van der Waals surface area (Å²) in [5.41, 5.74) is -0.297. The van der Waals surface area contributed by atoms with Crippen LogP contribution in [0.1, 0.15) is 47.0 Å². The maximum Gasteiger partial charge on any atom is 0.309 e. The second kappa shape index (κ2) is 4.84. The average Bonchev–Trinajstić information content (AvgIpc) is 2.82. The monoisotopic (exact) mass is 254 g/mol. The zero-order valence-electron chi connectivity index (χ0n) is 12.0. The summed E-state index contributed by atoms with van der Waals surface area (Å²) in [5, 5.41) is 9.43. The van der Waals surface area contributed by atoms with Crippen LogP contribution in [-0.4, -0.2) is 23.3 Å². The molecule has 2 aliphatic rings. The van der Waals surface area contributed by atoms with Gasteiger partial charge in [-0.05, 0) is 30.6 Å². The molecule has 0 aromatic heterocycles. The first kappa shape index (κ1) is 13.9. The van der Waals surface area contributed by atoms with Crippen molar-refractivity contribution in [3.8, 4) is 0 Å². The number of rotatable bonds is 3. The third-order valence-electron chi connectivity index (χ3n) is 5.28. The molecule has 2 rings (SSSR count). The van der Waals surface area contributed by atoms with Crippen LogP contribution in [0.5, 0.6) is 0 Å².